The second kappa shape index (κ2) is 6.26. The number of rotatable bonds is 5. The van der Waals surface area contributed by atoms with Crippen LogP contribution < -0.4 is 5.32 Å². The minimum absolute atomic E-state index is 0.121. The highest BCUT2D eigenvalue weighted by atomic mass is 19.4. The van der Waals surface area contributed by atoms with Crippen LogP contribution in [-0.4, -0.2) is 10.2 Å². The average molecular weight is 299 g/mol. The first-order chi connectivity index (χ1) is 9.90. The minimum Gasteiger partial charge on any atom is -0.424 e. The number of aryl methyl sites for hydroxylation is 1. The van der Waals surface area contributed by atoms with Crippen molar-refractivity contribution in [3.8, 4) is 0 Å². The molecule has 0 spiro atoms. The average Bonchev–Trinajstić information content (AvgIpc) is 2.92. The molecule has 0 aliphatic heterocycles. The summed E-state index contributed by atoms with van der Waals surface area (Å²) in [5.41, 5.74) is 0.112. The van der Waals surface area contributed by atoms with E-state index in [0.717, 1.165) is 17.7 Å². The molecule has 0 bridgehead atoms. The molecule has 21 heavy (non-hydrogen) atoms. The predicted molar refractivity (Wildman–Crippen MR) is 70.4 cm³/mol. The summed E-state index contributed by atoms with van der Waals surface area (Å²) in [6, 6.07) is 4.96. The smallest absolute Gasteiger partial charge is 0.416 e. The van der Waals surface area contributed by atoms with Crippen LogP contribution in [-0.2, 0) is 19.1 Å². The maximum absolute atomic E-state index is 12.5. The lowest BCUT2D eigenvalue weighted by molar-refractivity contribution is -0.137. The fourth-order valence-corrected chi connectivity index (χ4v) is 1.82. The number of hydrogen-bond acceptors (Lipinski definition) is 4. The molecule has 4 nitrogen and oxygen atoms in total. The van der Waals surface area contributed by atoms with Crippen LogP contribution in [0.25, 0.3) is 0 Å². The molecule has 1 N–H and O–H groups in total. The molecule has 0 radical (unpaired) electrons. The molecule has 2 rings (SSSR count). The van der Waals surface area contributed by atoms with E-state index in [9.17, 15) is 13.2 Å². The lowest BCUT2D eigenvalue weighted by Gasteiger charge is -2.14. The highest BCUT2D eigenvalue weighted by molar-refractivity contribution is 5.26. The van der Waals surface area contributed by atoms with Crippen molar-refractivity contribution < 1.29 is 17.6 Å². The van der Waals surface area contributed by atoms with Crippen LogP contribution in [0, 0.1) is 0 Å². The van der Waals surface area contributed by atoms with E-state index in [1.165, 1.54) is 12.1 Å². The van der Waals surface area contributed by atoms with Crippen LogP contribution >= 0.6 is 0 Å². The Labute approximate surface area is 120 Å². The van der Waals surface area contributed by atoms with Gasteiger partial charge in [0, 0.05) is 12.5 Å². The second-order valence-electron chi connectivity index (χ2n) is 4.67. The van der Waals surface area contributed by atoms with E-state index in [2.05, 4.69) is 15.5 Å². The zero-order valence-corrected chi connectivity index (χ0v) is 11.7. The Hall–Kier alpha value is -1.89. The quantitative estimate of drug-likeness (QED) is 0.918. The van der Waals surface area contributed by atoms with Gasteiger partial charge in [0.15, 0.2) is 0 Å². The number of nitrogens with one attached hydrogen (secondary N) is 1. The van der Waals surface area contributed by atoms with Crippen LogP contribution in [0.5, 0.6) is 0 Å². The Bertz CT molecular complexity index is 578. The molecule has 0 saturated carbocycles. The van der Waals surface area contributed by atoms with Gasteiger partial charge in [-0.25, -0.2) is 0 Å². The maximum Gasteiger partial charge on any atom is 0.416 e. The first-order valence-corrected chi connectivity index (χ1v) is 6.62. The van der Waals surface area contributed by atoms with Gasteiger partial charge in [0.2, 0.25) is 11.8 Å². The van der Waals surface area contributed by atoms with Crippen LogP contribution in [0.3, 0.4) is 0 Å². The van der Waals surface area contributed by atoms with Gasteiger partial charge >= 0.3 is 6.18 Å². The van der Waals surface area contributed by atoms with Gasteiger partial charge in [-0.15, -0.1) is 10.2 Å². The topological polar surface area (TPSA) is 51.0 Å². The number of hydrogen-bond donors (Lipinski definition) is 1. The normalized spacial score (nSPS) is 13.4. The molecule has 0 aliphatic carbocycles. The van der Waals surface area contributed by atoms with E-state index in [-0.39, 0.29) is 6.04 Å². The van der Waals surface area contributed by atoms with E-state index in [4.69, 9.17) is 4.42 Å². The molecule has 0 amide bonds. The summed E-state index contributed by atoms with van der Waals surface area (Å²) in [5.74, 6) is 1.03. The molecule has 1 heterocycles. The molecule has 0 saturated heterocycles. The van der Waals surface area contributed by atoms with Crippen LogP contribution in [0.4, 0.5) is 13.2 Å². The summed E-state index contributed by atoms with van der Waals surface area (Å²) in [4.78, 5) is 0. The van der Waals surface area contributed by atoms with Crippen molar-refractivity contribution in [1.29, 1.82) is 0 Å². The van der Waals surface area contributed by atoms with Gasteiger partial charge in [-0.05, 0) is 24.6 Å². The van der Waals surface area contributed by atoms with Gasteiger partial charge in [-0.2, -0.15) is 13.2 Å². The molecule has 1 aromatic heterocycles. The Kier molecular flexibility index (Phi) is 4.62. The third-order valence-electron chi connectivity index (χ3n) is 3.11. The van der Waals surface area contributed by atoms with Crippen molar-refractivity contribution in [2.45, 2.75) is 39.0 Å². The fourth-order valence-electron chi connectivity index (χ4n) is 1.82. The SMILES string of the molecule is CCc1nnc(CN[C@H](C)c2ccc(C(F)(F)F)cc2)o1. The van der Waals surface area contributed by atoms with Crippen LogP contribution in [0.1, 0.15) is 42.8 Å². The van der Waals surface area contributed by atoms with Crippen molar-refractivity contribution in [3.05, 3.63) is 47.2 Å². The predicted octanol–water partition coefficient (Wildman–Crippen LogP) is 3.50. The number of benzene rings is 1. The first kappa shape index (κ1) is 15.5. The third-order valence-corrected chi connectivity index (χ3v) is 3.11. The van der Waals surface area contributed by atoms with E-state index in [1.54, 1.807) is 0 Å². The number of alkyl halides is 3. The number of halogens is 3. The van der Waals surface area contributed by atoms with E-state index >= 15 is 0 Å². The van der Waals surface area contributed by atoms with Gasteiger partial charge in [0.05, 0.1) is 12.1 Å². The molecule has 1 atom stereocenters. The molecule has 1 aromatic carbocycles. The number of nitrogens with zero attached hydrogens (tertiary/aromatic N) is 2. The first-order valence-electron chi connectivity index (χ1n) is 6.62. The van der Waals surface area contributed by atoms with Gasteiger partial charge in [0.1, 0.15) is 0 Å². The molecular formula is C14H16F3N3O. The Balaban J connectivity index is 1.95. The van der Waals surface area contributed by atoms with Gasteiger partial charge in [0.25, 0.3) is 0 Å². The largest absolute Gasteiger partial charge is 0.424 e. The molecule has 0 fully saturated rings. The standard InChI is InChI=1S/C14H16F3N3O/c1-3-12-19-20-13(21-12)8-18-9(2)10-4-6-11(7-5-10)14(15,16)17/h4-7,9,18H,3,8H2,1-2H3/t9-/m1/s1. The van der Waals surface area contributed by atoms with E-state index in [0.29, 0.717) is 24.7 Å². The molecular weight excluding hydrogens is 283 g/mol. The number of aromatic nitrogens is 2. The zero-order chi connectivity index (χ0) is 15.5. The Morgan fingerprint density at radius 2 is 1.76 bits per heavy atom. The minimum atomic E-state index is -4.31. The molecule has 2 aromatic rings. The lowest BCUT2D eigenvalue weighted by atomic mass is 10.1. The summed E-state index contributed by atoms with van der Waals surface area (Å²) in [6.07, 6.45) is -3.64. The molecule has 0 unspecified atom stereocenters. The Morgan fingerprint density at radius 3 is 2.29 bits per heavy atom. The summed E-state index contributed by atoms with van der Waals surface area (Å²) in [5, 5.41) is 10.8. The fraction of sp³-hybridized carbons (Fsp3) is 0.429. The van der Waals surface area contributed by atoms with Crippen molar-refractivity contribution in [1.82, 2.24) is 15.5 Å². The van der Waals surface area contributed by atoms with Crippen LogP contribution in [0.15, 0.2) is 28.7 Å². The van der Waals surface area contributed by atoms with E-state index < -0.39 is 11.7 Å². The molecule has 0 aliphatic rings. The third kappa shape index (κ3) is 4.04. The lowest BCUT2D eigenvalue weighted by Crippen LogP contribution is -2.18. The summed E-state index contributed by atoms with van der Waals surface area (Å²) in [7, 11) is 0. The Morgan fingerprint density at radius 1 is 1.14 bits per heavy atom. The summed E-state index contributed by atoms with van der Waals surface area (Å²) >= 11 is 0. The van der Waals surface area contributed by atoms with Crippen molar-refractivity contribution in [2.75, 3.05) is 0 Å². The van der Waals surface area contributed by atoms with Gasteiger partial charge in [-0.3, -0.25) is 0 Å². The highest BCUT2D eigenvalue weighted by Crippen LogP contribution is 2.29. The van der Waals surface area contributed by atoms with Gasteiger partial charge in [-0.1, -0.05) is 19.1 Å². The van der Waals surface area contributed by atoms with Crippen LogP contribution in [0.2, 0.25) is 0 Å². The highest BCUT2D eigenvalue weighted by Gasteiger charge is 2.30. The van der Waals surface area contributed by atoms with Crippen molar-refractivity contribution in [2.24, 2.45) is 0 Å². The maximum atomic E-state index is 12.5. The summed E-state index contributed by atoms with van der Waals surface area (Å²) in [6.45, 7) is 4.14. The van der Waals surface area contributed by atoms with E-state index in [1.807, 2.05) is 13.8 Å². The van der Waals surface area contributed by atoms with Crippen molar-refractivity contribution in [3.63, 3.8) is 0 Å². The molecule has 7 heteroatoms. The second-order valence-corrected chi connectivity index (χ2v) is 4.67. The zero-order valence-electron chi connectivity index (χ0n) is 11.7. The monoisotopic (exact) mass is 299 g/mol. The van der Waals surface area contributed by atoms with Crippen molar-refractivity contribution >= 4 is 0 Å². The van der Waals surface area contributed by atoms with Gasteiger partial charge < -0.3 is 9.73 Å². The molecule has 114 valence electrons. The summed E-state index contributed by atoms with van der Waals surface area (Å²) < 4.78 is 42.8.